The summed E-state index contributed by atoms with van der Waals surface area (Å²) < 4.78 is 10.8. The van der Waals surface area contributed by atoms with Crippen LogP contribution in [0.2, 0.25) is 0 Å². The summed E-state index contributed by atoms with van der Waals surface area (Å²) in [6, 6.07) is 2.27. The van der Waals surface area contributed by atoms with Gasteiger partial charge in [-0.15, -0.1) is 0 Å². The van der Waals surface area contributed by atoms with Crippen molar-refractivity contribution in [3.8, 4) is 6.07 Å². The lowest BCUT2D eigenvalue weighted by Gasteiger charge is -2.12. The number of fused-ring (bicyclic) bond motifs is 4. The molecule has 4 rings (SSSR count). The van der Waals surface area contributed by atoms with E-state index in [1.165, 1.54) is 6.42 Å². The number of hydrogen-bond acceptors (Lipinski definition) is 4. The van der Waals surface area contributed by atoms with Crippen molar-refractivity contribution in [2.45, 2.75) is 77.8 Å². The fraction of sp³-hybridized carbons (Fsp3) is 0.875. The van der Waals surface area contributed by atoms with Gasteiger partial charge in [0.25, 0.3) is 0 Å². The minimum Gasteiger partial charge on any atom is -0.481 e. The SMILES string of the molecule is C.C.N#CC1CC2CCC1O2.O=C(O)[C@H]1C[C@@H]2CCC1O2. The van der Waals surface area contributed by atoms with Crippen LogP contribution in [-0.4, -0.2) is 35.5 Å². The molecule has 0 aliphatic carbocycles. The maximum atomic E-state index is 10.5. The van der Waals surface area contributed by atoms with Gasteiger partial charge in [0.1, 0.15) is 0 Å². The highest BCUT2D eigenvalue weighted by Gasteiger charge is 2.44. The number of nitriles is 1. The van der Waals surface area contributed by atoms with E-state index in [1.807, 2.05) is 0 Å². The molecule has 5 heteroatoms. The van der Waals surface area contributed by atoms with E-state index in [1.54, 1.807) is 0 Å². The Balaban J connectivity index is 0.000000192. The largest absolute Gasteiger partial charge is 0.481 e. The van der Waals surface area contributed by atoms with E-state index in [0.717, 1.165) is 32.1 Å². The third kappa shape index (κ3) is 3.56. The molecule has 4 unspecified atom stereocenters. The zero-order valence-electron chi connectivity index (χ0n) is 10.8. The summed E-state index contributed by atoms with van der Waals surface area (Å²) in [5.41, 5.74) is 0. The zero-order chi connectivity index (χ0) is 13.4. The summed E-state index contributed by atoms with van der Waals surface area (Å²) in [6.45, 7) is 0. The van der Waals surface area contributed by atoms with Gasteiger partial charge in [-0.05, 0) is 38.5 Å². The molecular weight excluding hydrogens is 270 g/mol. The summed E-state index contributed by atoms with van der Waals surface area (Å²) in [5, 5.41) is 17.2. The number of aliphatic carboxylic acids is 1. The highest BCUT2D eigenvalue weighted by Crippen LogP contribution is 2.39. The van der Waals surface area contributed by atoms with E-state index in [9.17, 15) is 4.79 Å². The molecule has 0 aromatic carbocycles. The van der Waals surface area contributed by atoms with Crippen LogP contribution in [0.1, 0.15) is 53.4 Å². The fourth-order valence-corrected chi connectivity index (χ4v) is 3.67. The van der Waals surface area contributed by atoms with E-state index in [-0.39, 0.29) is 38.9 Å². The van der Waals surface area contributed by atoms with Gasteiger partial charge in [0.05, 0.1) is 42.3 Å². The molecule has 4 saturated heterocycles. The zero-order valence-corrected chi connectivity index (χ0v) is 10.8. The number of ether oxygens (including phenoxy) is 2. The van der Waals surface area contributed by atoms with Crippen molar-refractivity contribution in [3.63, 3.8) is 0 Å². The van der Waals surface area contributed by atoms with Crippen LogP contribution in [0.15, 0.2) is 0 Å². The van der Waals surface area contributed by atoms with Crippen LogP contribution in [0.3, 0.4) is 0 Å². The monoisotopic (exact) mass is 297 g/mol. The molecule has 0 amide bonds. The molecular formula is C16H27NO4. The molecule has 0 spiro atoms. The van der Waals surface area contributed by atoms with Crippen LogP contribution in [0.4, 0.5) is 0 Å². The Kier molecular flexibility index (Phi) is 6.18. The number of hydrogen-bond donors (Lipinski definition) is 1. The Hall–Kier alpha value is -1.12. The molecule has 0 aromatic rings. The van der Waals surface area contributed by atoms with Gasteiger partial charge < -0.3 is 14.6 Å². The lowest BCUT2D eigenvalue weighted by Crippen LogP contribution is -2.24. The molecule has 4 heterocycles. The average molecular weight is 297 g/mol. The second-order valence-electron chi connectivity index (χ2n) is 5.90. The summed E-state index contributed by atoms with van der Waals surface area (Å²) >= 11 is 0. The molecule has 0 radical (unpaired) electrons. The first-order valence-electron chi connectivity index (χ1n) is 7.10. The van der Waals surface area contributed by atoms with Crippen molar-refractivity contribution in [2.24, 2.45) is 11.8 Å². The number of nitrogens with zero attached hydrogens (tertiary/aromatic N) is 1. The molecule has 6 atom stereocenters. The third-order valence-electron chi connectivity index (χ3n) is 4.70. The maximum Gasteiger partial charge on any atom is 0.309 e. The van der Waals surface area contributed by atoms with Crippen LogP contribution >= 0.6 is 0 Å². The van der Waals surface area contributed by atoms with Crippen LogP contribution in [0, 0.1) is 23.2 Å². The van der Waals surface area contributed by atoms with E-state index in [0.29, 0.717) is 12.2 Å². The number of rotatable bonds is 1. The van der Waals surface area contributed by atoms with Gasteiger partial charge in [-0.2, -0.15) is 5.26 Å². The normalized spacial score (nSPS) is 41.3. The topological polar surface area (TPSA) is 79.5 Å². The van der Waals surface area contributed by atoms with Crippen molar-refractivity contribution in [1.29, 1.82) is 5.26 Å². The third-order valence-corrected chi connectivity index (χ3v) is 4.70. The highest BCUT2D eigenvalue weighted by molar-refractivity contribution is 5.71. The molecule has 4 aliphatic rings. The van der Waals surface area contributed by atoms with E-state index in [2.05, 4.69) is 6.07 Å². The fourth-order valence-electron chi connectivity index (χ4n) is 3.67. The molecule has 4 bridgehead atoms. The number of carboxylic acids is 1. The summed E-state index contributed by atoms with van der Waals surface area (Å²) in [4.78, 5) is 10.5. The Labute approximate surface area is 127 Å². The summed E-state index contributed by atoms with van der Waals surface area (Å²) in [5.74, 6) is -0.685. The van der Waals surface area contributed by atoms with Gasteiger partial charge in [-0.3, -0.25) is 4.79 Å². The lowest BCUT2D eigenvalue weighted by atomic mass is 9.89. The van der Waals surface area contributed by atoms with Gasteiger partial charge >= 0.3 is 5.97 Å². The minimum absolute atomic E-state index is 0. The van der Waals surface area contributed by atoms with Crippen molar-refractivity contribution in [1.82, 2.24) is 0 Å². The average Bonchev–Trinajstić information content (AvgIpc) is 3.18. The van der Waals surface area contributed by atoms with Gasteiger partial charge in [0, 0.05) is 0 Å². The molecule has 21 heavy (non-hydrogen) atoms. The molecule has 4 aliphatic heterocycles. The first kappa shape index (κ1) is 17.9. The van der Waals surface area contributed by atoms with Crippen molar-refractivity contribution >= 4 is 5.97 Å². The first-order valence-corrected chi connectivity index (χ1v) is 7.10. The Morgan fingerprint density at radius 2 is 1.57 bits per heavy atom. The van der Waals surface area contributed by atoms with Gasteiger partial charge in [0.15, 0.2) is 0 Å². The maximum absolute atomic E-state index is 10.5. The van der Waals surface area contributed by atoms with E-state index in [4.69, 9.17) is 19.8 Å². The minimum atomic E-state index is -0.688. The van der Waals surface area contributed by atoms with E-state index < -0.39 is 5.97 Å². The highest BCUT2D eigenvalue weighted by atomic mass is 16.5. The predicted octanol–water partition coefficient (Wildman–Crippen LogP) is 2.99. The molecule has 1 N–H and O–H groups in total. The van der Waals surface area contributed by atoms with Crippen LogP contribution in [0.25, 0.3) is 0 Å². The van der Waals surface area contributed by atoms with Crippen LogP contribution in [0.5, 0.6) is 0 Å². The standard InChI is InChI=1S/C7H9NO.C7H10O3.2CH4/c8-4-5-3-6-1-2-7(5)9-6;8-7(9)5-3-4-1-2-6(5)10-4;;/h5-7H,1-3H2;4-6H,1-3H2,(H,8,9);2*1H4/t;4-,5-,6?;;/m.0../s1. The van der Waals surface area contributed by atoms with Gasteiger partial charge in [-0.1, -0.05) is 14.9 Å². The molecule has 120 valence electrons. The molecule has 0 saturated carbocycles. The van der Waals surface area contributed by atoms with Crippen LogP contribution < -0.4 is 0 Å². The quantitative estimate of drug-likeness (QED) is 0.804. The Morgan fingerprint density at radius 1 is 1.00 bits per heavy atom. The lowest BCUT2D eigenvalue weighted by molar-refractivity contribution is -0.143. The smallest absolute Gasteiger partial charge is 0.309 e. The number of carboxylic acid groups (broad SMARTS) is 1. The number of carbonyl (C=O) groups is 1. The van der Waals surface area contributed by atoms with Crippen molar-refractivity contribution in [3.05, 3.63) is 0 Å². The molecule has 4 fully saturated rings. The Morgan fingerprint density at radius 3 is 1.81 bits per heavy atom. The van der Waals surface area contributed by atoms with Crippen molar-refractivity contribution in [2.75, 3.05) is 0 Å². The summed E-state index contributed by atoms with van der Waals surface area (Å²) in [7, 11) is 0. The van der Waals surface area contributed by atoms with Gasteiger partial charge in [0.2, 0.25) is 0 Å². The Bertz CT molecular complexity index is 406. The molecule has 0 aromatic heterocycles. The van der Waals surface area contributed by atoms with Crippen LogP contribution in [-0.2, 0) is 14.3 Å². The second kappa shape index (κ2) is 7.24. The summed E-state index contributed by atoms with van der Waals surface area (Å²) in [6.07, 6.45) is 7.04. The van der Waals surface area contributed by atoms with Crippen molar-refractivity contribution < 1.29 is 19.4 Å². The first-order chi connectivity index (χ1) is 9.17. The molecule has 5 nitrogen and oxygen atoms in total. The van der Waals surface area contributed by atoms with Gasteiger partial charge in [-0.25, -0.2) is 0 Å². The van der Waals surface area contributed by atoms with E-state index >= 15 is 0 Å². The predicted molar refractivity (Wildman–Crippen MR) is 78.7 cm³/mol. The second-order valence-corrected chi connectivity index (χ2v) is 5.90.